The molecule has 0 radical (unpaired) electrons. The fourth-order valence-electron chi connectivity index (χ4n) is 1.72. The summed E-state index contributed by atoms with van der Waals surface area (Å²) in [6.07, 6.45) is -4.45. The molecule has 1 heterocycles. The summed E-state index contributed by atoms with van der Waals surface area (Å²) in [7, 11) is 0. The third kappa shape index (κ3) is 3.82. The van der Waals surface area contributed by atoms with Gasteiger partial charge in [-0.3, -0.25) is 0 Å². The van der Waals surface area contributed by atoms with Crippen LogP contribution in [0.1, 0.15) is 22.8 Å². The van der Waals surface area contributed by atoms with Gasteiger partial charge < -0.3 is 9.63 Å². The number of aliphatic hydroxyl groups excluding tert-OH is 1. The highest BCUT2D eigenvalue weighted by Gasteiger charge is 2.20. The van der Waals surface area contributed by atoms with Crippen molar-refractivity contribution in [3.63, 3.8) is 0 Å². The van der Waals surface area contributed by atoms with Crippen molar-refractivity contribution in [2.24, 2.45) is 0 Å². The molecule has 0 aliphatic heterocycles. The summed E-state index contributed by atoms with van der Waals surface area (Å²) in [6, 6.07) is 7.82. The van der Waals surface area contributed by atoms with Gasteiger partial charge in [0, 0.05) is 6.42 Å². The number of aromatic nitrogens is 2. The first-order chi connectivity index (χ1) is 9.04. The second-order valence-corrected chi connectivity index (χ2v) is 4.38. The predicted molar refractivity (Wildman–Crippen MR) is 64.0 cm³/mol. The second kappa shape index (κ2) is 5.88. The number of hydrogen-bond acceptors (Lipinski definition) is 4. The molecular formula is C13H14F2N2O2. The van der Waals surface area contributed by atoms with Gasteiger partial charge in [0.2, 0.25) is 5.89 Å². The Labute approximate surface area is 109 Å². The molecular weight excluding hydrogens is 254 g/mol. The molecule has 4 nitrogen and oxygen atoms in total. The first-order valence-corrected chi connectivity index (χ1v) is 5.88. The number of alkyl halides is 2. The highest BCUT2D eigenvalue weighted by molar-refractivity contribution is 5.24. The Hall–Kier alpha value is -1.82. The van der Waals surface area contributed by atoms with Crippen molar-refractivity contribution in [2.45, 2.75) is 32.3 Å². The molecule has 1 atom stereocenters. The number of benzene rings is 1. The summed E-state index contributed by atoms with van der Waals surface area (Å²) < 4.78 is 29.2. The van der Waals surface area contributed by atoms with Crippen LogP contribution in [0.25, 0.3) is 0 Å². The summed E-state index contributed by atoms with van der Waals surface area (Å²) in [5.41, 5.74) is 2.14. The van der Waals surface area contributed by atoms with Crippen LogP contribution in [-0.4, -0.2) is 27.8 Å². The second-order valence-electron chi connectivity index (χ2n) is 4.38. The fraction of sp³-hybridized carbons (Fsp3) is 0.385. The maximum atomic E-state index is 12.2. The Morgan fingerprint density at radius 3 is 2.84 bits per heavy atom. The fourth-order valence-corrected chi connectivity index (χ4v) is 1.72. The molecule has 0 saturated heterocycles. The predicted octanol–water partition coefficient (Wildman–Crippen LogP) is 2.14. The summed E-state index contributed by atoms with van der Waals surface area (Å²) in [5, 5.41) is 12.7. The lowest BCUT2D eigenvalue weighted by Gasteiger charge is -2.04. The molecule has 1 unspecified atom stereocenters. The molecule has 1 aromatic heterocycles. The molecule has 0 saturated carbocycles. The first-order valence-electron chi connectivity index (χ1n) is 5.88. The zero-order valence-corrected chi connectivity index (χ0v) is 10.4. The lowest BCUT2D eigenvalue weighted by molar-refractivity contribution is -0.00754. The largest absolute Gasteiger partial charge is 0.387 e. The topological polar surface area (TPSA) is 59.2 Å². The van der Waals surface area contributed by atoms with Crippen molar-refractivity contribution in [1.29, 1.82) is 0 Å². The molecule has 0 amide bonds. The number of rotatable bonds is 5. The average molecular weight is 268 g/mol. The van der Waals surface area contributed by atoms with E-state index in [1.807, 2.05) is 31.2 Å². The number of nitrogens with zero attached hydrogens (tertiary/aromatic N) is 2. The lowest BCUT2D eigenvalue weighted by atomic mass is 10.1. The number of halogens is 2. The molecule has 0 aliphatic rings. The SMILES string of the molecule is Cc1cccc(Cc2noc(CC(O)C(F)F)n2)c1. The van der Waals surface area contributed by atoms with E-state index in [9.17, 15) is 8.78 Å². The van der Waals surface area contributed by atoms with Gasteiger partial charge >= 0.3 is 0 Å². The van der Waals surface area contributed by atoms with Crippen LogP contribution < -0.4 is 0 Å². The van der Waals surface area contributed by atoms with Crippen LogP contribution in [-0.2, 0) is 12.8 Å². The van der Waals surface area contributed by atoms with Gasteiger partial charge in [-0.05, 0) is 12.5 Å². The Balaban J connectivity index is 2.01. The number of aryl methyl sites for hydroxylation is 1. The quantitative estimate of drug-likeness (QED) is 0.902. The Kier molecular flexibility index (Phi) is 4.21. The minimum Gasteiger partial charge on any atom is -0.387 e. The molecule has 0 spiro atoms. The van der Waals surface area contributed by atoms with Gasteiger partial charge in [0.1, 0.15) is 6.10 Å². The summed E-state index contributed by atoms with van der Waals surface area (Å²) >= 11 is 0. The van der Waals surface area contributed by atoms with Gasteiger partial charge in [-0.1, -0.05) is 35.0 Å². The third-order valence-corrected chi connectivity index (χ3v) is 2.63. The van der Waals surface area contributed by atoms with Gasteiger partial charge in [-0.15, -0.1) is 0 Å². The van der Waals surface area contributed by atoms with E-state index in [0.29, 0.717) is 12.2 Å². The standard InChI is InChI=1S/C13H14F2N2O2/c1-8-3-2-4-9(5-8)6-11-16-12(19-17-11)7-10(18)13(14)15/h2-5,10,13,18H,6-7H2,1H3. The van der Waals surface area contributed by atoms with E-state index in [2.05, 4.69) is 10.1 Å². The molecule has 1 N–H and O–H groups in total. The normalized spacial score (nSPS) is 12.9. The van der Waals surface area contributed by atoms with Crippen LogP contribution in [0.2, 0.25) is 0 Å². The van der Waals surface area contributed by atoms with Crippen LogP contribution >= 0.6 is 0 Å². The van der Waals surface area contributed by atoms with Crippen molar-refractivity contribution in [2.75, 3.05) is 0 Å². The van der Waals surface area contributed by atoms with Gasteiger partial charge in [-0.2, -0.15) is 4.98 Å². The maximum absolute atomic E-state index is 12.2. The molecule has 2 aromatic rings. The average Bonchev–Trinajstić information content (AvgIpc) is 2.76. The molecule has 2 rings (SSSR count). The van der Waals surface area contributed by atoms with Crippen LogP contribution in [0.15, 0.2) is 28.8 Å². The third-order valence-electron chi connectivity index (χ3n) is 2.63. The van der Waals surface area contributed by atoms with Crippen LogP contribution in [0.3, 0.4) is 0 Å². The molecule has 102 valence electrons. The Morgan fingerprint density at radius 2 is 2.16 bits per heavy atom. The Bertz CT molecular complexity index is 543. The monoisotopic (exact) mass is 268 g/mol. The van der Waals surface area contributed by atoms with E-state index >= 15 is 0 Å². The van der Waals surface area contributed by atoms with Crippen LogP contribution in [0.5, 0.6) is 0 Å². The van der Waals surface area contributed by atoms with Crippen molar-refractivity contribution in [3.8, 4) is 0 Å². The molecule has 6 heteroatoms. The molecule has 0 bridgehead atoms. The zero-order chi connectivity index (χ0) is 13.8. The van der Waals surface area contributed by atoms with E-state index in [1.54, 1.807) is 0 Å². The van der Waals surface area contributed by atoms with Crippen molar-refractivity contribution < 1.29 is 18.4 Å². The highest BCUT2D eigenvalue weighted by atomic mass is 19.3. The molecule has 0 fully saturated rings. The lowest BCUT2D eigenvalue weighted by Crippen LogP contribution is -2.20. The van der Waals surface area contributed by atoms with Crippen LogP contribution in [0, 0.1) is 6.92 Å². The highest BCUT2D eigenvalue weighted by Crippen LogP contribution is 2.11. The van der Waals surface area contributed by atoms with E-state index < -0.39 is 12.5 Å². The molecule has 19 heavy (non-hydrogen) atoms. The van der Waals surface area contributed by atoms with E-state index in [1.165, 1.54) is 0 Å². The van der Waals surface area contributed by atoms with Crippen molar-refractivity contribution in [3.05, 3.63) is 47.1 Å². The van der Waals surface area contributed by atoms with Crippen LogP contribution in [0.4, 0.5) is 8.78 Å². The summed E-state index contributed by atoms with van der Waals surface area (Å²) in [5.74, 6) is 0.442. The van der Waals surface area contributed by atoms with Gasteiger partial charge in [0.25, 0.3) is 6.43 Å². The Morgan fingerprint density at radius 1 is 1.37 bits per heavy atom. The van der Waals surface area contributed by atoms with Crippen molar-refractivity contribution in [1.82, 2.24) is 10.1 Å². The van der Waals surface area contributed by atoms with Gasteiger partial charge in [0.15, 0.2) is 5.82 Å². The van der Waals surface area contributed by atoms with E-state index in [4.69, 9.17) is 9.63 Å². The summed E-state index contributed by atoms with van der Waals surface area (Å²) in [6.45, 7) is 1.98. The summed E-state index contributed by atoms with van der Waals surface area (Å²) in [4.78, 5) is 3.99. The first kappa shape index (κ1) is 13.6. The van der Waals surface area contributed by atoms with Gasteiger partial charge in [0.05, 0.1) is 6.42 Å². The van der Waals surface area contributed by atoms with Gasteiger partial charge in [-0.25, -0.2) is 8.78 Å². The minimum absolute atomic E-state index is 0.0236. The number of aliphatic hydroxyl groups is 1. The molecule has 1 aromatic carbocycles. The van der Waals surface area contributed by atoms with Crippen molar-refractivity contribution >= 4 is 0 Å². The van der Waals surface area contributed by atoms with E-state index in [0.717, 1.165) is 11.1 Å². The smallest absolute Gasteiger partial charge is 0.264 e. The maximum Gasteiger partial charge on any atom is 0.264 e. The molecule has 0 aliphatic carbocycles. The minimum atomic E-state index is -2.81. The number of hydrogen-bond donors (Lipinski definition) is 1. The van der Waals surface area contributed by atoms with E-state index in [-0.39, 0.29) is 12.3 Å². The zero-order valence-electron chi connectivity index (χ0n) is 10.4.